The number of aliphatic hydroxyl groups excluding tert-OH is 1. The molecule has 0 spiro atoms. The largest absolute Gasteiger partial charge is 0.393 e. The number of aliphatic hydroxyl groups is 1. The highest BCUT2D eigenvalue weighted by Crippen LogP contribution is 2.67. The van der Waals surface area contributed by atoms with Gasteiger partial charge in [0.2, 0.25) is 0 Å². The Morgan fingerprint density at radius 3 is 2.60 bits per heavy atom. The fraction of sp³-hybridized carbons (Fsp3) is 0.926. The molecule has 0 saturated heterocycles. The maximum Gasteiger partial charge on any atom is 0.0593 e. The number of hydrogen-bond acceptors (Lipinski definition) is 3. The third kappa shape index (κ3) is 3.61. The minimum absolute atomic E-state index is 0.124. The van der Waals surface area contributed by atoms with Gasteiger partial charge in [0.05, 0.1) is 6.10 Å². The second kappa shape index (κ2) is 8.52. The van der Waals surface area contributed by atoms with Crippen LogP contribution in [0.3, 0.4) is 0 Å². The van der Waals surface area contributed by atoms with E-state index in [9.17, 15) is 5.11 Å². The van der Waals surface area contributed by atoms with Gasteiger partial charge in [0.25, 0.3) is 0 Å². The lowest BCUT2D eigenvalue weighted by atomic mass is 9.46. The first-order valence-corrected chi connectivity index (χ1v) is 13.1. The maximum atomic E-state index is 10.4. The summed E-state index contributed by atoms with van der Waals surface area (Å²) in [4.78, 5) is 0. The molecule has 9 atom stereocenters. The molecule has 0 aromatic heterocycles. The molecule has 0 aromatic carbocycles. The van der Waals surface area contributed by atoms with Gasteiger partial charge in [-0.3, -0.25) is 11.3 Å². The lowest BCUT2D eigenvalue weighted by molar-refractivity contribution is -0.0688. The number of nitrogens with two attached hydrogens (primary N) is 1. The standard InChI is InChI=1S/C27H48N2O/c1-17(2)7-6-8-18(3)22-11-12-23-21-10-9-19-15-20(30)16-25(29-28)27(19,5)24(21)13-14-26(22,23)4/h9,17-18,20-25,29-30H,6-8,10-16,28H2,1-5H3/t18-,20-,21+,22-,23+,24+,25?,26-,27+/m1/s1. The summed E-state index contributed by atoms with van der Waals surface area (Å²) in [6.45, 7) is 12.4. The second-order valence-corrected chi connectivity index (χ2v) is 12.5. The van der Waals surface area contributed by atoms with Crippen molar-refractivity contribution in [1.82, 2.24) is 5.43 Å². The van der Waals surface area contributed by atoms with Gasteiger partial charge in [0, 0.05) is 11.5 Å². The Bertz CT molecular complexity index is 645. The summed E-state index contributed by atoms with van der Waals surface area (Å²) >= 11 is 0. The van der Waals surface area contributed by atoms with Crippen LogP contribution < -0.4 is 11.3 Å². The molecule has 0 heterocycles. The highest BCUT2D eigenvalue weighted by atomic mass is 16.3. The smallest absolute Gasteiger partial charge is 0.0593 e. The summed E-state index contributed by atoms with van der Waals surface area (Å²) in [5, 5.41) is 10.4. The van der Waals surface area contributed by atoms with Crippen molar-refractivity contribution >= 4 is 0 Å². The van der Waals surface area contributed by atoms with Crippen molar-refractivity contribution in [2.24, 2.45) is 52.2 Å². The number of rotatable bonds is 6. The van der Waals surface area contributed by atoms with E-state index in [0.717, 1.165) is 48.3 Å². The van der Waals surface area contributed by atoms with Crippen molar-refractivity contribution in [2.75, 3.05) is 0 Å². The quantitative estimate of drug-likeness (QED) is 0.290. The van der Waals surface area contributed by atoms with Crippen molar-refractivity contribution in [3.63, 3.8) is 0 Å². The maximum absolute atomic E-state index is 10.4. The van der Waals surface area contributed by atoms with Crippen LogP contribution in [0.15, 0.2) is 11.6 Å². The van der Waals surface area contributed by atoms with E-state index in [4.69, 9.17) is 5.84 Å². The average Bonchev–Trinajstić information content (AvgIpc) is 3.05. The number of hydrogen-bond donors (Lipinski definition) is 3. The Hall–Kier alpha value is -0.380. The zero-order chi connectivity index (χ0) is 21.7. The first-order chi connectivity index (χ1) is 14.2. The molecule has 3 heteroatoms. The Morgan fingerprint density at radius 2 is 1.90 bits per heavy atom. The van der Waals surface area contributed by atoms with E-state index in [-0.39, 0.29) is 17.6 Å². The molecule has 4 N–H and O–H groups in total. The number of fused-ring (bicyclic) bond motifs is 5. The second-order valence-electron chi connectivity index (χ2n) is 12.5. The highest BCUT2D eigenvalue weighted by molar-refractivity contribution is 5.28. The van der Waals surface area contributed by atoms with E-state index >= 15 is 0 Å². The molecule has 3 fully saturated rings. The Labute approximate surface area is 185 Å². The van der Waals surface area contributed by atoms with Crippen molar-refractivity contribution < 1.29 is 5.11 Å². The lowest BCUT2D eigenvalue weighted by Gasteiger charge is -2.60. The molecule has 4 rings (SSSR count). The van der Waals surface area contributed by atoms with Gasteiger partial charge in [-0.1, -0.05) is 65.5 Å². The van der Waals surface area contributed by atoms with E-state index in [1.54, 1.807) is 0 Å². The van der Waals surface area contributed by atoms with Crippen LogP contribution in [0.1, 0.15) is 98.8 Å². The van der Waals surface area contributed by atoms with Crippen LogP contribution in [0.4, 0.5) is 0 Å². The molecule has 4 aliphatic carbocycles. The minimum Gasteiger partial charge on any atom is -0.393 e. The fourth-order valence-electron chi connectivity index (χ4n) is 9.00. The lowest BCUT2D eigenvalue weighted by Crippen LogP contribution is -2.60. The van der Waals surface area contributed by atoms with Gasteiger partial charge in [-0.25, -0.2) is 0 Å². The summed E-state index contributed by atoms with van der Waals surface area (Å²) < 4.78 is 0. The predicted octanol–water partition coefficient (Wildman–Crippen LogP) is 5.83. The monoisotopic (exact) mass is 416 g/mol. The molecule has 0 aromatic rings. The number of hydrazine groups is 1. The summed E-state index contributed by atoms with van der Waals surface area (Å²) in [6.07, 6.45) is 15.0. The summed E-state index contributed by atoms with van der Waals surface area (Å²) in [5.41, 5.74) is 5.28. The SMILES string of the molecule is CC(C)CCC[C@@H](C)[C@H]1CC[C@H]2[C@@H]3CC=C4C[C@@H](O)CC(NN)[C@]4(C)[C@H]3CC[C@]12C. The zero-order valence-corrected chi connectivity index (χ0v) is 20.3. The molecule has 3 nitrogen and oxygen atoms in total. The van der Waals surface area contributed by atoms with Crippen LogP contribution in [0.25, 0.3) is 0 Å². The third-order valence-corrected chi connectivity index (χ3v) is 10.6. The first kappa shape index (κ1) is 22.8. The molecule has 3 saturated carbocycles. The molecular formula is C27H48N2O. The topological polar surface area (TPSA) is 58.3 Å². The predicted molar refractivity (Wildman–Crippen MR) is 126 cm³/mol. The number of nitrogens with one attached hydrogen (secondary N) is 1. The van der Waals surface area contributed by atoms with Gasteiger partial charge in [-0.2, -0.15) is 0 Å². The molecule has 0 aliphatic heterocycles. The van der Waals surface area contributed by atoms with E-state index in [0.29, 0.717) is 5.41 Å². The van der Waals surface area contributed by atoms with Crippen LogP contribution in [-0.4, -0.2) is 17.3 Å². The van der Waals surface area contributed by atoms with E-state index in [1.165, 1.54) is 56.9 Å². The summed E-state index contributed by atoms with van der Waals surface area (Å²) in [7, 11) is 0. The molecular weight excluding hydrogens is 368 g/mol. The van der Waals surface area contributed by atoms with E-state index in [2.05, 4.69) is 46.1 Å². The van der Waals surface area contributed by atoms with Gasteiger partial charge < -0.3 is 5.11 Å². The van der Waals surface area contributed by atoms with Gasteiger partial charge in [0.15, 0.2) is 0 Å². The number of allylic oxidation sites excluding steroid dienone is 1. The Morgan fingerprint density at radius 1 is 1.13 bits per heavy atom. The van der Waals surface area contributed by atoms with Crippen molar-refractivity contribution in [1.29, 1.82) is 0 Å². The summed E-state index contributed by atoms with van der Waals surface area (Å²) in [6, 6.07) is 0.205. The molecule has 30 heavy (non-hydrogen) atoms. The van der Waals surface area contributed by atoms with Crippen molar-refractivity contribution in [2.45, 2.75) is 111 Å². The minimum atomic E-state index is -0.238. The third-order valence-electron chi connectivity index (χ3n) is 10.6. The highest BCUT2D eigenvalue weighted by Gasteiger charge is 2.60. The molecule has 0 amide bonds. The Balaban J connectivity index is 1.53. The van der Waals surface area contributed by atoms with E-state index in [1.807, 2.05) is 0 Å². The average molecular weight is 417 g/mol. The molecule has 4 aliphatic rings. The molecule has 172 valence electrons. The molecule has 0 bridgehead atoms. The summed E-state index contributed by atoms with van der Waals surface area (Å²) in [5.74, 6) is 11.1. The molecule has 0 radical (unpaired) electrons. The van der Waals surface area contributed by atoms with Crippen LogP contribution in [0, 0.1) is 46.3 Å². The zero-order valence-electron chi connectivity index (χ0n) is 20.3. The van der Waals surface area contributed by atoms with Crippen LogP contribution in [-0.2, 0) is 0 Å². The van der Waals surface area contributed by atoms with E-state index < -0.39 is 0 Å². The fourth-order valence-corrected chi connectivity index (χ4v) is 9.00. The van der Waals surface area contributed by atoms with Gasteiger partial charge in [0.1, 0.15) is 0 Å². The van der Waals surface area contributed by atoms with Crippen molar-refractivity contribution in [3.8, 4) is 0 Å². The van der Waals surface area contributed by atoms with Crippen LogP contribution in [0.5, 0.6) is 0 Å². The van der Waals surface area contributed by atoms with Gasteiger partial charge in [-0.15, -0.1) is 0 Å². The normalized spacial score (nSPS) is 46.7. The van der Waals surface area contributed by atoms with Crippen LogP contribution in [0.2, 0.25) is 0 Å². The van der Waals surface area contributed by atoms with Gasteiger partial charge in [-0.05, 0) is 85.9 Å². The molecule has 1 unspecified atom stereocenters. The first-order valence-electron chi connectivity index (χ1n) is 13.1. The Kier molecular flexibility index (Phi) is 6.48. The van der Waals surface area contributed by atoms with Crippen LogP contribution >= 0.6 is 0 Å². The van der Waals surface area contributed by atoms with Crippen molar-refractivity contribution in [3.05, 3.63) is 11.6 Å². The van der Waals surface area contributed by atoms with Gasteiger partial charge >= 0.3 is 0 Å².